The van der Waals surface area contributed by atoms with Crippen LogP contribution in [0.4, 0.5) is 11.4 Å². The van der Waals surface area contributed by atoms with Gasteiger partial charge < -0.3 is 4.90 Å². The minimum Gasteiger partial charge on any atom is -0.336 e. The monoisotopic (exact) mass is 810 g/mol. The molecule has 0 unspecified atom stereocenters. The lowest BCUT2D eigenvalue weighted by atomic mass is 9.81. The number of para-hydroxylation sites is 1. The van der Waals surface area contributed by atoms with E-state index in [2.05, 4.69) is 223 Å². The normalized spacial score (nSPS) is 12.3. The van der Waals surface area contributed by atoms with Gasteiger partial charge in [0.25, 0.3) is 0 Å². The molecule has 1 aliphatic heterocycles. The van der Waals surface area contributed by atoms with Crippen LogP contribution in [-0.2, 0) is 6.54 Å². The smallest absolute Gasteiger partial charge is 0.0998 e. The van der Waals surface area contributed by atoms with E-state index in [0.29, 0.717) is 5.56 Å². The highest BCUT2D eigenvalue weighted by Crippen LogP contribution is 2.51. The van der Waals surface area contributed by atoms with Crippen LogP contribution in [0.25, 0.3) is 109 Å². The Labute approximate surface area is 371 Å². The van der Waals surface area contributed by atoms with Crippen molar-refractivity contribution in [2.24, 2.45) is 0 Å². The summed E-state index contributed by atoms with van der Waals surface area (Å²) in [5.74, 6) is 0. The van der Waals surface area contributed by atoms with Crippen molar-refractivity contribution in [3.63, 3.8) is 0 Å². The third kappa shape index (κ3) is 5.45. The maximum atomic E-state index is 10.3. The second-order valence-electron chi connectivity index (χ2n) is 17.0. The molecule has 296 valence electrons. The van der Waals surface area contributed by atoms with Gasteiger partial charge in [-0.2, -0.15) is 5.26 Å². The number of benzene rings is 12. The quantitative estimate of drug-likeness (QED) is 0.128. The van der Waals surface area contributed by atoms with Crippen molar-refractivity contribution in [1.29, 1.82) is 5.26 Å². The SMILES string of the molecule is N#Cc1ccc2c3c1ccc1c(-c4ccc5c(-c6cccc7ccccc67)c6cc(-c7ccccc7)ccc6c(-c6cccc7ccccc67)c5c4)ccc(c13)N(c1ccccc1)C2. The van der Waals surface area contributed by atoms with Gasteiger partial charge in [0, 0.05) is 28.7 Å². The minimum absolute atomic E-state index is 0.707. The van der Waals surface area contributed by atoms with E-state index in [1.807, 2.05) is 6.07 Å². The second kappa shape index (κ2) is 14.3. The summed E-state index contributed by atoms with van der Waals surface area (Å²) in [4.78, 5) is 2.42. The maximum Gasteiger partial charge on any atom is 0.0998 e. The average molecular weight is 811 g/mol. The Bertz CT molecular complexity index is 3920. The van der Waals surface area contributed by atoms with E-state index in [-0.39, 0.29) is 0 Å². The van der Waals surface area contributed by atoms with Gasteiger partial charge in [0.2, 0.25) is 0 Å². The molecule has 0 amide bonds. The standard InChI is InChI=1S/C62H38N2/c63-37-44-25-26-45-38-64(46-19-5-2-6-20-46)58-34-33-49(53-32-31-50(44)59(45)62(53)58)43-28-30-55-57(36-43)61(52-24-12-18-41-16-8-10-22-48(41)52)54-29-27-42(39-13-3-1-4-14-39)35-56(54)60(55)51-23-11-17-40-15-7-9-21-47(40)51/h1-36H,38H2. The zero-order valence-electron chi connectivity index (χ0n) is 34.9. The van der Waals surface area contributed by atoms with E-state index < -0.39 is 0 Å². The van der Waals surface area contributed by atoms with E-state index in [1.54, 1.807) is 0 Å². The van der Waals surface area contributed by atoms with Crippen molar-refractivity contribution in [3.05, 3.63) is 230 Å². The molecular formula is C62H38N2. The van der Waals surface area contributed by atoms with Crippen LogP contribution >= 0.6 is 0 Å². The fourth-order valence-corrected chi connectivity index (χ4v) is 10.8. The van der Waals surface area contributed by atoms with E-state index in [9.17, 15) is 5.26 Å². The van der Waals surface area contributed by atoms with Gasteiger partial charge in [0.05, 0.1) is 11.6 Å². The number of rotatable bonds is 5. The molecule has 64 heavy (non-hydrogen) atoms. The Morgan fingerprint density at radius 1 is 0.359 bits per heavy atom. The van der Waals surface area contributed by atoms with Gasteiger partial charge in [-0.25, -0.2) is 0 Å². The minimum atomic E-state index is 0.707. The Morgan fingerprint density at radius 3 is 1.59 bits per heavy atom. The molecule has 0 bridgehead atoms. The summed E-state index contributed by atoms with van der Waals surface area (Å²) in [6, 6.07) is 82.4. The number of fused-ring (bicyclic) bond motifs is 4. The first-order valence-corrected chi connectivity index (χ1v) is 22.0. The number of hydrogen-bond donors (Lipinski definition) is 0. The number of hydrogen-bond acceptors (Lipinski definition) is 2. The zero-order chi connectivity index (χ0) is 42.3. The molecule has 12 aromatic rings. The molecule has 0 atom stereocenters. The van der Waals surface area contributed by atoms with Crippen molar-refractivity contribution >= 4 is 76.0 Å². The summed E-state index contributed by atoms with van der Waals surface area (Å²) in [6.07, 6.45) is 0. The molecule has 0 saturated heterocycles. The molecule has 0 aromatic heterocycles. The Balaban J connectivity index is 1.16. The van der Waals surface area contributed by atoms with Crippen LogP contribution in [0.2, 0.25) is 0 Å². The molecule has 0 N–H and O–H groups in total. The first-order chi connectivity index (χ1) is 31.7. The number of nitriles is 1. The van der Waals surface area contributed by atoms with Crippen LogP contribution < -0.4 is 4.90 Å². The largest absolute Gasteiger partial charge is 0.336 e. The van der Waals surface area contributed by atoms with Crippen molar-refractivity contribution < 1.29 is 0 Å². The van der Waals surface area contributed by atoms with Crippen molar-refractivity contribution in [3.8, 4) is 50.6 Å². The zero-order valence-corrected chi connectivity index (χ0v) is 34.9. The molecular weight excluding hydrogens is 773 g/mol. The van der Waals surface area contributed by atoms with Crippen molar-refractivity contribution in [2.75, 3.05) is 4.90 Å². The lowest BCUT2D eigenvalue weighted by Gasteiger charge is -2.32. The maximum absolute atomic E-state index is 10.3. The summed E-state index contributed by atoms with van der Waals surface area (Å²) in [6.45, 7) is 0.734. The van der Waals surface area contributed by atoms with E-state index in [1.165, 1.54) is 104 Å². The highest BCUT2D eigenvalue weighted by Gasteiger charge is 2.26. The molecule has 0 aliphatic carbocycles. The number of nitrogens with zero attached hydrogens (tertiary/aromatic N) is 2. The fraction of sp³-hybridized carbons (Fsp3) is 0.0161. The third-order valence-electron chi connectivity index (χ3n) is 13.7. The summed E-state index contributed by atoms with van der Waals surface area (Å²) in [7, 11) is 0. The molecule has 12 aromatic carbocycles. The fourth-order valence-electron chi connectivity index (χ4n) is 10.8. The third-order valence-corrected chi connectivity index (χ3v) is 13.7. The molecule has 0 radical (unpaired) electrons. The van der Waals surface area contributed by atoms with Crippen LogP contribution in [-0.4, -0.2) is 0 Å². The Kier molecular flexibility index (Phi) is 8.07. The highest BCUT2D eigenvalue weighted by atomic mass is 15.1. The predicted octanol–water partition coefficient (Wildman–Crippen LogP) is 16.8. The molecule has 0 saturated carbocycles. The van der Waals surface area contributed by atoms with E-state index in [4.69, 9.17) is 0 Å². The molecule has 2 nitrogen and oxygen atoms in total. The topological polar surface area (TPSA) is 27.0 Å². The average Bonchev–Trinajstić information content (AvgIpc) is 3.37. The molecule has 0 spiro atoms. The summed E-state index contributed by atoms with van der Waals surface area (Å²) < 4.78 is 0. The highest BCUT2D eigenvalue weighted by molar-refractivity contribution is 6.27. The molecule has 2 heteroatoms. The van der Waals surface area contributed by atoms with E-state index >= 15 is 0 Å². The Hall–Kier alpha value is -8.51. The van der Waals surface area contributed by atoms with Crippen LogP contribution in [0.15, 0.2) is 218 Å². The number of anilines is 2. The van der Waals surface area contributed by atoms with Gasteiger partial charge in [0.1, 0.15) is 0 Å². The van der Waals surface area contributed by atoms with Gasteiger partial charge in [-0.05, 0) is 140 Å². The molecule has 13 rings (SSSR count). The first kappa shape index (κ1) is 36.2. The molecule has 0 fully saturated rings. The Morgan fingerprint density at radius 2 is 0.922 bits per heavy atom. The summed E-state index contributed by atoms with van der Waals surface area (Å²) in [5.41, 5.74) is 13.9. The van der Waals surface area contributed by atoms with Gasteiger partial charge in [-0.15, -0.1) is 0 Å². The van der Waals surface area contributed by atoms with Crippen LogP contribution in [0.5, 0.6) is 0 Å². The first-order valence-electron chi connectivity index (χ1n) is 22.0. The second-order valence-corrected chi connectivity index (χ2v) is 17.0. The van der Waals surface area contributed by atoms with Crippen LogP contribution in [0.1, 0.15) is 11.1 Å². The molecule has 1 aliphatic rings. The van der Waals surface area contributed by atoms with E-state index in [0.717, 1.165) is 28.9 Å². The van der Waals surface area contributed by atoms with Gasteiger partial charge >= 0.3 is 0 Å². The van der Waals surface area contributed by atoms with Gasteiger partial charge in [-0.1, -0.05) is 182 Å². The van der Waals surface area contributed by atoms with Crippen molar-refractivity contribution in [1.82, 2.24) is 0 Å². The predicted molar refractivity (Wildman–Crippen MR) is 270 cm³/mol. The lowest BCUT2D eigenvalue weighted by molar-refractivity contribution is 0.982. The van der Waals surface area contributed by atoms with Gasteiger partial charge in [0.15, 0.2) is 0 Å². The summed E-state index contributed by atoms with van der Waals surface area (Å²) >= 11 is 0. The van der Waals surface area contributed by atoms with Crippen molar-refractivity contribution in [2.45, 2.75) is 6.54 Å². The van der Waals surface area contributed by atoms with Gasteiger partial charge in [-0.3, -0.25) is 0 Å². The van der Waals surface area contributed by atoms with Crippen LogP contribution in [0, 0.1) is 11.3 Å². The van der Waals surface area contributed by atoms with Crippen LogP contribution in [0.3, 0.4) is 0 Å². The molecule has 1 heterocycles. The summed E-state index contributed by atoms with van der Waals surface area (Å²) in [5, 5.41) is 24.6. The lowest BCUT2D eigenvalue weighted by Crippen LogP contribution is -2.20.